The molecule has 0 saturated heterocycles. The van der Waals surface area contributed by atoms with Crippen LogP contribution in [0.25, 0.3) is 5.52 Å². The summed E-state index contributed by atoms with van der Waals surface area (Å²) in [5.41, 5.74) is 2.41. The Morgan fingerprint density at radius 1 is 1.40 bits per heavy atom. The first-order valence-corrected chi connectivity index (χ1v) is 5.28. The van der Waals surface area contributed by atoms with Crippen molar-refractivity contribution in [2.24, 2.45) is 0 Å². The molecule has 0 aliphatic heterocycles. The van der Waals surface area contributed by atoms with Crippen LogP contribution in [0.4, 0.5) is 0 Å². The molecule has 0 N–H and O–H groups in total. The normalized spacial score (nSPS) is 10.6. The minimum absolute atomic E-state index is 0.294. The molecule has 0 fully saturated rings. The van der Waals surface area contributed by atoms with Crippen molar-refractivity contribution in [3.05, 3.63) is 40.1 Å². The van der Waals surface area contributed by atoms with Crippen LogP contribution in [-0.4, -0.2) is 17.5 Å². The fourth-order valence-corrected chi connectivity index (χ4v) is 2.00. The Balaban J connectivity index is 2.73. The number of aryl methyl sites for hydroxylation is 1. The van der Waals surface area contributed by atoms with Gasteiger partial charge in [0.1, 0.15) is 0 Å². The van der Waals surface area contributed by atoms with Crippen LogP contribution in [0.3, 0.4) is 0 Å². The minimum Gasteiger partial charge on any atom is -0.465 e. The molecule has 0 radical (unpaired) electrons. The van der Waals surface area contributed by atoms with Gasteiger partial charge < -0.3 is 9.14 Å². The van der Waals surface area contributed by atoms with E-state index < -0.39 is 0 Å². The van der Waals surface area contributed by atoms with Crippen molar-refractivity contribution in [3.8, 4) is 0 Å². The Labute approximate surface area is 95.8 Å². The van der Waals surface area contributed by atoms with Crippen LogP contribution in [0.1, 0.15) is 15.9 Å². The molecule has 4 heteroatoms. The Morgan fingerprint density at radius 3 is 2.80 bits per heavy atom. The summed E-state index contributed by atoms with van der Waals surface area (Å²) in [6.45, 7) is 1.90. The predicted octanol–water partition coefficient (Wildman–Crippen LogP) is 2.80. The highest BCUT2D eigenvalue weighted by Crippen LogP contribution is 2.21. The molecule has 0 atom stereocenters. The van der Waals surface area contributed by atoms with E-state index in [4.69, 9.17) is 4.74 Å². The highest BCUT2D eigenvalue weighted by Gasteiger charge is 2.15. The number of aromatic nitrogens is 1. The summed E-state index contributed by atoms with van der Waals surface area (Å²) in [5, 5.41) is 0. The Bertz CT molecular complexity index is 531. The monoisotopic (exact) mass is 267 g/mol. The topological polar surface area (TPSA) is 30.7 Å². The molecular weight excluding hydrogens is 258 g/mol. The summed E-state index contributed by atoms with van der Waals surface area (Å²) >= 11 is 3.38. The molecule has 0 amide bonds. The van der Waals surface area contributed by atoms with E-state index in [1.54, 1.807) is 0 Å². The average Bonchev–Trinajstić information content (AvgIpc) is 2.52. The van der Waals surface area contributed by atoms with Crippen LogP contribution in [0.15, 0.2) is 29.0 Å². The third-order valence-electron chi connectivity index (χ3n) is 2.31. The van der Waals surface area contributed by atoms with Gasteiger partial charge in [0.05, 0.1) is 18.2 Å². The summed E-state index contributed by atoms with van der Waals surface area (Å²) in [4.78, 5) is 11.5. The van der Waals surface area contributed by atoms with Gasteiger partial charge in [0.15, 0.2) is 0 Å². The van der Waals surface area contributed by atoms with Crippen LogP contribution in [-0.2, 0) is 4.74 Å². The first-order chi connectivity index (χ1) is 7.13. The van der Waals surface area contributed by atoms with Gasteiger partial charge in [-0.25, -0.2) is 4.79 Å². The summed E-state index contributed by atoms with van der Waals surface area (Å²) in [6.07, 6.45) is 3.82. The van der Waals surface area contributed by atoms with Crippen molar-refractivity contribution >= 4 is 27.4 Å². The number of methoxy groups -OCH3 is 1. The SMILES string of the molecule is COC(=O)c1c(C)cn2cc(Br)ccc12. The van der Waals surface area contributed by atoms with Gasteiger partial charge in [0, 0.05) is 16.9 Å². The second-order valence-electron chi connectivity index (χ2n) is 3.32. The number of hydrogen-bond donors (Lipinski definition) is 0. The third kappa shape index (κ3) is 1.65. The van der Waals surface area contributed by atoms with Crippen molar-refractivity contribution < 1.29 is 9.53 Å². The smallest absolute Gasteiger partial charge is 0.340 e. The highest BCUT2D eigenvalue weighted by molar-refractivity contribution is 9.10. The zero-order chi connectivity index (χ0) is 11.0. The fraction of sp³-hybridized carbons (Fsp3) is 0.182. The second-order valence-corrected chi connectivity index (χ2v) is 4.23. The van der Waals surface area contributed by atoms with E-state index in [1.165, 1.54) is 7.11 Å². The Morgan fingerprint density at radius 2 is 2.13 bits per heavy atom. The van der Waals surface area contributed by atoms with Crippen LogP contribution >= 0.6 is 15.9 Å². The van der Waals surface area contributed by atoms with Crippen LogP contribution < -0.4 is 0 Å². The molecule has 0 bridgehead atoms. The van der Waals surface area contributed by atoms with E-state index in [0.717, 1.165) is 15.6 Å². The molecule has 0 aliphatic rings. The number of carbonyl (C=O) groups excluding carboxylic acids is 1. The maximum Gasteiger partial charge on any atom is 0.340 e. The van der Waals surface area contributed by atoms with E-state index >= 15 is 0 Å². The molecule has 0 aliphatic carbocycles. The maximum absolute atomic E-state index is 11.5. The van der Waals surface area contributed by atoms with Crippen molar-refractivity contribution in [2.75, 3.05) is 7.11 Å². The van der Waals surface area contributed by atoms with Gasteiger partial charge in [-0.3, -0.25) is 0 Å². The van der Waals surface area contributed by atoms with Crippen molar-refractivity contribution in [2.45, 2.75) is 6.92 Å². The molecule has 15 heavy (non-hydrogen) atoms. The summed E-state index contributed by atoms with van der Waals surface area (Å²) in [6, 6.07) is 3.80. The largest absolute Gasteiger partial charge is 0.465 e. The number of carbonyl (C=O) groups is 1. The summed E-state index contributed by atoms with van der Waals surface area (Å²) < 4.78 is 7.63. The van der Waals surface area contributed by atoms with Crippen LogP contribution in [0, 0.1) is 6.92 Å². The summed E-state index contributed by atoms with van der Waals surface area (Å²) in [5.74, 6) is -0.294. The summed E-state index contributed by atoms with van der Waals surface area (Å²) in [7, 11) is 1.39. The average molecular weight is 268 g/mol. The molecule has 2 heterocycles. The van der Waals surface area contributed by atoms with Gasteiger partial charge >= 0.3 is 5.97 Å². The van der Waals surface area contributed by atoms with Gasteiger partial charge in [-0.05, 0) is 40.5 Å². The maximum atomic E-state index is 11.5. The number of esters is 1. The minimum atomic E-state index is -0.294. The molecule has 78 valence electrons. The number of pyridine rings is 1. The number of fused-ring (bicyclic) bond motifs is 1. The van der Waals surface area contributed by atoms with E-state index in [0.29, 0.717) is 5.56 Å². The lowest BCUT2D eigenvalue weighted by Crippen LogP contribution is -2.02. The second kappa shape index (κ2) is 3.70. The van der Waals surface area contributed by atoms with E-state index in [-0.39, 0.29) is 5.97 Å². The molecule has 0 saturated carbocycles. The first-order valence-electron chi connectivity index (χ1n) is 4.48. The molecular formula is C11H10BrNO2. The zero-order valence-corrected chi connectivity index (χ0v) is 10.0. The van der Waals surface area contributed by atoms with E-state index in [9.17, 15) is 4.79 Å². The van der Waals surface area contributed by atoms with Crippen LogP contribution in [0.5, 0.6) is 0 Å². The lowest BCUT2D eigenvalue weighted by atomic mass is 10.2. The Hall–Kier alpha value is -1.29. The molecule has 0 unspecified atom stereocenters. The predicted molar refractivity (Wildman–Crippen MR) is 61.2 cm³/mol. The lowest BCUT2D eigenvalue weighted by Gasteiger charge is -1.99. The third-order valence-corrected chi connectivity index (χ3v) is 2.78. The molecule has 2 aromatic rings. The molecule has 2 rings (SSSR count). The first kappa shape index (κ1) is 10.2. The van der Waals surface area contributed by atoms with E-state index in [2.05, 4.69) is 15.9 Å². The number of hydrogen-bond acceptors (Lipinski definition) is 2. The number of nitrogens with zero attached hydrogens (tertiary/aromatic N) is 1. The number of rotatable bonds is 1. The van der Waals surface area contributed by atoms with Gasteiger partial charge in [-0.15, -0.1) is 0 Å². The zero-order valence-electron chi connectivity index (χ0n) is 8.45. The van der Waals surface area contributed by atoms with E-state index in [1.807, 2.05) is 35.9 Å². The van der Waals surface area contributed by atoms with Crippen molar-refractivity contribution in [1.29, 1.82) is 0 Å². The lowest BCUT2D eigenvalue weighted by molar-refractivity contribution is 0.0602. The van der Waals surface area contributed by atoms with Gasteiger partial charge in [0.2, 0.25) is 0 Å². The van der Waals surface area contributed by atoms with Crippen molar-refractivity contribution in [3.63, 3.8) is 0 Å². The van der Waals surface area contributed by atoms with Crippen LogP contribution in [0.2, 0.25) is 0 Å². The Kier molecular flexibility index (Phi) is 2.52. The molecule has 0 spiro atoms. The number of halogens is 1. The quantitative estimate of drug-likeness (QED) is 0.744. The molecule has 0 aromatic carbocycles. The van der Waals surface area contributed by atoms with Gasteiger partial charge in [-0.2, -0.15) is 0 Å². The molecule has 2 aromatic heterocycles. The highest BCUT2D eigenvalue weighted by atomic mass is 79.9. The van der Waals surface area contributed by atoms with Gasteiger partial charge in [0.25, 0.3) is 0 Å². The fourth-order valence-electron chi connectivity index (χ4n) is 1.65. The standard InChI is InChI=1S/C11H10BrNO2/c1-7-5-13-6-8(12)3-4-9(13)10(7)11(14)15-2/h3-6H,1-2H3. The molecule has 3 nitrogen and oxygen atoms in total. The van der Waals surface area contributed by atoms with Gasteiger partial charge in [-0.1, -0.05) is 0 Å². The number of ether oxygens (including phenoxy) is 1. The van der Waals surface area contributed by atoms with Crippen molar-refractivity contribution in [1.82, 2.24) is 4.40 Å².